The third kappa shape index (κ3) is 1.69. The van der Waals surface area contributed by atoms with E-state index >= 15 is 0 Å². The molecule has 0 aliphatic carbocycles. The van der Waals surface area contributed by atoms with Crippen molar-refractivity contribution < 1.29 is 9.84 Å². The van der Waals surface area contributed by atoms with Gasteiger partial charge in [-0.3, -0.25) is 0 Å². The summed E-state index contributed by atoms with van der Waals surface area (Å²) in [7, 11) is 0. The Kier molecular flexibility index (Phi) is 2.67. The van der Waals surface area contributed by atoms with Gasteiger partial charge in [0.25, 0.3) is 0 Å². The van der Waals surface area contributed by atoms with Crippen LogP contribution >= 0.6 is 0 Å². The second-order valence-corrected chi connectivity index (χ2v) is 2.55. The van der Waals surface area contributed by atoms with Gasteiger partial charge in [-0.15, -0.1) is 0 Å². The lowest BCUT2D eigenvalue weighted by atomic mass is 9.96. The minimum Gasteiger partial charge on any atom is -0.393 e. The van der Waals surface area contributed by atoms with Crippen LogP contribution in [0.15, 0.2) is 0 Å². The topological polar surface area (TPSA) is 53.2 Å². The zero-order valence-electron chi connectivity index (χ0n) is 5.79. The molecule has 0 aromatic heterocycles. The molecule has 1 aliphatic heterocycles. The zero-order chi connectivity index (χ0) is 7.40. The lowest BCUT2D eigenvalue weighted by molar-refractivity contribution is -0.0335. The molecule has 1 N–H and O–H groups in total. The van der Waals surface area contributed by atoms with Crippen LogP contribution < -0.4 is 0 Å². The molecule has 1 fully saturated rings. The number of aliphatic hydroxyl groups excluding tert-OH is 1. The Labute approximate surface area is 60.2 Å². The van der Waals surface area contributed by atoms with E-state index in [2.05, 4.69) is 0 Å². The Morgan fingerprint density at radius 1 is 1.70 bits per heavy atom. The van der Waals surface area contributed by atoms with Crippen LogP contribution in [-0.2, 0) is 4.74 Å². The van der Waals surface area contributed by atoms with Gasteiger partial charge in [-0.25, -0.2) is 0 Å². The van der Waals surface area contributed by atoms with Crippen LogP contribution in [0.2, 0.25) is 0 Å². The molecule has 0 aromatic rings. The fourth-order valence-corrected chi connectivity index (χ4v) is 1.10. The first kappa shape index (κ1) is 7.52. The SMILES string of the molecule is N#CC[C@H]1COCC[C@@H]1O. The van der Waals surface area contributed by atoms with Crippen LogP contribution in [-0.4, -0.2) is 24.4 Å². The Morgan fingerprint density at radius 3 is 3.10 bits per heavy atom. The fourth-order valence-electron chi connectivity index (χ4n) is 1.10. The first-order chi connectivity index (χ1) is 4.84. The maximum absolute atomic E-state index is 9.27. The average molecular weight is 141 g/mol. The van der Waals surface area contributed by atoms with E-state index in [1.807, 2.05) is 6.07 Å². The minimum absolute atomic E-state index is 0.0405. The van der Waals surface area contributed by atoms with Crippen LogP contribution in [0.25, 0.3) is 0 Å². The number of rotatable bonds is 1. The highest BCUT2D eigenvalue weighted by Gasteiger charge is 2.22. The third-order valence-electron chi connectivity index (χ3n) is 1.79. The highest BCUT2D eigenvalue weighted by atomic mass is 16.5. The monoisotopic (exact) mass is 141 g/mol. The molecule has 0 radical (unpaired) electrons. The first-order valence-electron chi connectivity index (χ1n) is 3.47. The minimum atomic E-state index is -0.326. The van der Waals surface area contributed by atoms with E-state index in [1.165, 1.54) is 0 Å². The van der Waals surface area contributed by atoms with Gasteiger partial charge in [0, 0.05) is 18.9 Å². The molecule has 3 nitrogen and oxygen atoms in total. The van der Waals surface area contributed by atoms with E-state index in [0.29, 0.717) is 26.1 Å². The van der Waals surface area contributed by atoms with Gasteiger partial charge in [0.15, 0.2) is 0 Å². The van der Waals surface area contributed by atoms with Crippen molar-refractivity contribution in [3.8, 4) is 6.07 Å². The summed E-state index contributed by atoms with van der Waals surface area (Å²) >= 11 is 0. The molecular weight excluding hydrogens is 130 g/mol. The van der Waals surface area contributed by atoms with E-state index in [1.54, 1.807) is 0 Å². The lowest BCUT2D eigenvalue weighted by Gasteiger charge is -2.25. The maximum atomic E-state index is 9.27. The van der Waals surface area contributed by atoms with Gasteiger partial charge in [-0.1, -0.05) is 0 Å². The molecule has 0 unspecified atom stereocenters. The Morgan fingerprint density at radius 2 is 2.50 bits per heavy atom. The van der Waals surface area contributed by atoms with Gasteiger partial charge in [-0.05, 0) is 6.42 Å². The normalized spacial score (nSPS) is 33.2. The molecular formula is C7H11NO2. The molecule has 0 amide bonds. The molecule has 0 aromatic carbocycles. The van der Waals surface area contributed by atoms with Crippen molar-refractivity contribution in [3.05, 3.63) is 0 Å². The molecule has 10 heavy (non-hydrogen) atoms. The summed E-state index contributed by atoms with van der Waals surface area (Å²) in [6.45, 7) is 1.16. The predicted molar refractivity (Wildman–Crippen MR) is 35.2 cm³/mol. The molecule has 56 valence electrons. The molecule has 0 bridgehead atoms. The second kappa shape index (κ2) is 3.55. The van der Waals surface area contributed by atoms with Gasteiger partial charge >= 0.3 is 0 Å². The summed E-state index contributed by atoms with van der Waals surface area (Å²) in [6, 6.07) is 2.03. The van der Waals surface area contributed by atoms with Crippen LogP contribution in [0, 0.1) is 17.2 Å². The number of aliphatic hydroxyl groups is 1. The highest BCUT2D eigenvalue weighted by molar-refractivity contribution is 4.82. The molecule has 1 saturated heterocycles. The van der Waals surface area contributed by atoms with E-state index in [-0.39, 0.29) is 12.0 Å². The van der Waals surface area contributed by atoms with E-state index in [9.17, 15) is 5.11 Å². The average Bonchev–Trinajstić information content (AvgIpc) is 1.94. The molecule has 2 atom stereocenters. The van der Waals surface area contributed by atoms with E-state index in [0.717, 1.165) is 0 Å². The predicted octanol–water partition coefficient (Wildman–Crippen LogP) is 0.297. The van der Waals surface area contributed by atoms with Gasteiger partial charge in [0.2, 0.25) is 0 Å². The smallest absolute Gasteiger partial charge is 0.0626 e. The van der Waals surface area contributed by atoms with E-state index in [4.69, 9.17) is 10.00 Å². The van der Waals surface area contributed by atoms with Gasteiger partial charge < -0.3 is 9.84 Å². The van der Waals surface area contributed by atoms with Crippen molar-refractivity contribution in [3.63, 3.8) is 0 Å². The third-order valence-corrected chi connectivity index (χ3v) is 1.79. The molecule has 3 heteroatoms. The van der Waals surface area contributed by atoms with Crippen LogP contribution in [0.4, 0.5) is 0 Å². The number of hydrogen-bond donors (Lipinski definition) is 1. The summed E-state index contributed by atoms with van der Waals surface area (Å²) in [6.07, 6.45) is 0.751. The summed E-state index contributed by atoms with van der Waals surface area (Å²) in [5.74, 6) is 0.0405. The van der Waals surface area contributed by atoms with E-state index < -0.39 is 0 Å². The van der Waals surface area contributed by atoms with Crippen molar-refractivity contribution in [2.24, 2.45) is 5.92 Å². The quantitative estimate of drug-likeness (QED) is 0.571. The van der Waals surface area contributed by atoms with Gasteiger partial charge in [-0.2, -0.15) is 5.26 Å². The first-order valence-corrected chi connectivity index (χ1v) is 3.47. The van der Waals surface area contributed by atoms with Crippen LogP contribution in [0.3, 0.4) is 0 Å². The van der Waals surface area contributed by atoms with Crippen LogP contribution in [0.5, 0.6) is 0 Å². The Balaban J connectivity index is 2.34. The largest absolute Gasteiger partial charge is 0.393 e. The molecule has 1 heterocycles. The summed E-state index contributed by atoms with van der Waals surface area (Å²) in [4.78, 5) is 0. The van der Waals surface area contributed by atoms with Crippen molar-refractivity contribution in [1.82, 2.24) is 0 Å². The van der Waals surface area contributed by atoms with Crippen molar-refractivity contribution in [2.75, 3.05) is 13.2 Å². The Hall–Kier alpha value is -0.590. The number of nitriles is 1. The molecule has 1 aliphatic rings. The van der Waals surface area contributed by atoms with Crippen LogP contribution in [0.1, 0.15) is 12.8 Å². The number of hydrogen-bond acceptors (Lipinski definition) is 3. The van der Waals surface area contributed by atoms with Crippen molar-refractivity contribution in [2.45, 2.75) is 18.9 Å². The van der Waals surface area contributed by atoms with Gasteiger partial charge in [0.1, 0.15) is 0 Å². The second-order valence-electron chi connectivity index (χ2n) is 2.55. The zero-order valence-corrected chi connectivity index (χ0v) is 5.79. The fraction of sp³-hybridized carbons (Fsp3) is 0.857. The maximum Gasteiger partial charge on any atom is 0.0626 e. The number of ether oxygens (including phenoxy) is 1. The summed E-state index contributed by atoms with van der Waals surface area (Å²) < 4.78 is 5.09. The molecule has 0 spiro atoms. The van der Waals surface area contributed by atoms with Crippen molar-refractivity contribution >= 4 is 0 Å². The number of nitrogens with zero attached hydrogens (tertiary/aromatic N) is 1. The summed E-state index contributed by atoms with van der Waals surface area (Å²) in [5, 5.41) is 17.6. The summed E-state index contributed by atoms with van der Waals surface area (Å²) in [5.41, 5.74) is 0. The lowest BCUT2D eigenvalue weighted by Crippen LogP contribution is -2.31. The standard InChI is InChI=1S/C7H11NO2/c8-3-1-6-5-10-4-2-7(6)9/h6-7,9H,1-2,4-5H2/t6-,7-/m0/s1. The van der Waals surface area contributed by atoms with Gasteiger partial charge in [0.05, 0.1) is 18.8 Å². The van der Waals surface area contributed by atoms with Crippen molar-refractivity contribution in [1.29, 1.82) is 5.26 Å². The Bertz CT molecular complexity index is 141. The highest BCUT2D eigenvalue weighted by Crippen LogP contribution is 2.16. The molecule has 1 rings (SSSR count). The molecule has 0 saturated carbocycles.